The molecule has 4 rings (SSSR count). The van der Waals surface area contributed by atoms with Crippen LogP contribution in [0.4, 0.5) is 0 Å². The van der Waals surface area contributed by atoms with Gasteiger partial charge in [0.1, 0.15) is 5.75 Å². The van der Waals surface area contributed by atoms with Crippen molar-refractivity contribution < 1.29 is 5.11 Å². The average Bonchev–Trinajstić information content (AvgIpc) is 2.89. The van der Waals surface area contributed by atoms with Gasteiger partial charge < -0.3 is 5.11 Å². The molecular weight excluding hydrogens is 280 g/mol. The summed E-state index contributed by atoms with van der Waals surface area (Å²) in [5.41, 5.74) is 5.21. The van der Waals surface area contributed by atoms with Crippen LogP contribution in [0, 0.1) is 17.3 Å². The Morgan fingerprint density at radius 2 is 2.09 bits per heavy atom. The quantitative estimate of drug-likeness (QED) is 0.667. The van der Waals surface area contributed by atoms with Crippen LogP contribution in [0.15, 0.2) is 29.8 Å². The van der Waals surface area contributed by atoms with Crippen molar-refractivity contribution in [3.05, 3.63) is 41.0 Å². The van der Waals surface area contributed by atoms with E-state index >= 15 is 0 Å². The summed E-state index contributed by atoms with van der Waals surface area (Å²) in [6, 6.07) is 6.13. The van der Waals surface area contributed by atoms with Crippen molar-refractivity contribution in [2.75, 3.05) is 0 Å². The summed E-state index contributed by atoms with van der Waals surface area (Å²) in [6.07, 6.45) is 13.0. The van der Waals surface area contributed by atoms with Crippen LogP contribution in [-0.2, 0) is 6.42 Å². The zero-order chi connectivity index (χ0) is 16.0. The van der Waals surface area contributed by atoms with E-state index in [2.05, 4.69) is 26.0 Å². The lowest BCUT2D eigenvalue weighted by Crippen LogP contribution is -2.40. The van der Waals surface area contributed by atoms with E-state index in [1.54, 1.807) is 11.1 Å². The Labute approximate surface area is 140 Å². The van der Waals surface area contributed by atoms with Crippen LogP contribution < -0.4 is 0 Å². The van der Waals surface area contributed by atoms with E-state index in [4.69, 9.17) is 0 Å². The smallest absolute Gasteiger partial charge is 0.115 e. The molecule has 23 heavy (non-hydrogen) atoms. The van der Waals surface area contributed by atoms with Crippen LogP contribution in [0.5, 0.6) is 5.75 Å². The molecule has 1 N–H and O–H groups in total. The van der Waals surface area contributed by atoms with E-state index in [-0.39, 0.29) is 0 Å². The largest absolute Gasteiger partial charge is 0.508 e. The lowest BCUT2D eigenvalue weighted by atomic mass is 9.55. The van der Waals surface area contributed by atoms with Crippen molar-refractivity contribution in [1.82, 2.24) is 0 Å². The standard InChI is InChI=1S/C22H30O/c1-3-4-5-16-7-11-21-20-9-6-15-14-17(23)8-10-18(15)19(20)12-13-22(16,21)2/h5,8,10,14,19-21,23H,3-4,6-7,9,11-13H2,1-2H3. The van der Waals surface area contributed by atoms with Gasteiger partial charge in [-0.1, -0.05) is 38.0 Å². The lowest BCUT2D eigenvalue weighted by Gasteiger charge is -2.49. The molecule has 0 aliphatic heterocycles. The van der Waals surface area contributed by atoms with Crippen molar-refractivity contribution >= 4 is 0 Å². The molecule has 4 unspecified atom stereocenters. The predicted molar refractivity (Wildman–Crippen MR) is 95.7 cm³/mol. The number of phenols is 1. The Balaban J connectivity index is 1.65. The highest BCUT2D eigenvalue weighted by Gasteiger charge is 2.52. The number of hydrogen-bond donors (Lipinski definition) is 1. The van der Waals surface area contributed by atoms with Crippen LogP contribution >= 0.6 is 0 Å². The predicted octanol–water partition coefficient (Wildman–Crippen LogP) is 5.97. The summed E-state index contributed by atoms with van der Waals surface area (Å²) in [7, 11) is 0. The number of fused-ring (bicyclic) bond motifs is 5. The van der Waals surface area contributed by atoms with E-state index in [1.807, 2.05) is 12.1 Å². The van der Waals surface area contributed by atoms with Gasteiger partial charge in [0.15, 0.2) is 0 Å². The SMILES string of the molecule is CCCC=C1CCC2C3CCc4cc(O)ccc4C3CCC12C. The molecule has 1 heteroatoms. The van der Waals surface area contributed by atoms with E-state index in [1.165, 1.54) is 50.5 Å². The van der Waals surface area contributed by atoms with Crippen LogP contribution in [0.2, 0.25) is 0 Å². The van der Waals surface area contributed by atoms with Gasteiger partial charge in [0, 0.05) is 0 Å². The molecule has 0 heterocycles. The summed E-state index contributed by atoms with van der Waals surface area (Å²) < 4.78 is 0. The summed E-state index contributed by atoms with van der Waals surface area (Å²) >= 11 is 0. The van der Waals surface area contributed by atoms with E-state index in [0.29, 0.717) is 11.2 Å². The maximum atomic E-state index is 9.79. The highest BCUT2D eigenvalue weighted by atomic mass is 16.3. The molecule has 3 aliphatic carbocycles. The highest BCUT2D eigenvalue weighted by Crippen LogP contribution is 2.62. The minimum Gasteiger partial charge on any atom is -0.508 e. The Morgan fingerprint density at radius 1 is 1.22 bits per heavy atom. The Morgan fingerprint density at radius 3 is 2.91 bits per heavy atom. The van der Waals surface area contributed by atoms with Gasteiger partial charge in [-0.15, -0.1) is 0 Å². The molecule has 2 fully saturated rings. The van der Waals surface area contributed by atoms with Crippen LogP contribution in [0.25, 0.3) is 0 Å². The monoisotopic (exact) mass is 310 g/mol. The Hall–Kier alpha value is -1.24. The number of allylic oxidation sites excluding steroid dienone is 2. The molecule has 0 saturated heterocycles. The molecule has 124 valence electrons. The van der Waals surface area contributed by atoms with Crippen molar-refractivity contribution in [1.29, 1.82) is 0 Å². The zero-order valence-electron chi connectivity index (χ0n) is 14.6. The van der Waals surface area contributed by atoms with Gasteiger partial charge in [-0.3, -0.25) is 0 Å². The van der Waals surface area contributed by atoms with Gasteiger partial charge in [-0.25, -0.2) is 0 Å². The highest BCUT2D eigenvalue weighted by molar-refractivity contribution is 5.40. The second-order valence-electron chi connectivity index (χ2n) is 8.31. The van der Waals surface area contributed by atoms with Crippen LogP contribution in [0.3, 0.4) is 0 Å². The van der Waals surface area contributed by atoms with Gasteiger partial charge in [-0.05, 0) is 91.4 Å². The third-order valence-electron chi connectivity index (χ3n) is 7.24. The molecule has 1 nitrogen and oxygen atoms in total. The number of aromatic hydroxyl groups is 1. The molecular formula is C22H30O. The molecule has 3 aliphatic rings. The molecule has 0 aromatic heterocycles. The summed E-state index contributed by atoms with van der Waals surface area (Å²) in [5, 5.41) is 9.79. The third kappa shape index (κ3) is 2.35. The second-order valence-corrected chi connectivity index (χ2v) is 8.31. The number of benzene rings is 1. The first-order valence-corrected chi connectivity index (χ1v) is 9.65. The van der Waals surface area contributed by atoms with E-state index in [0.717, 1.165) is 24.2 Å². The third-order valence-corrected chi connectivity index (χ3v) is 7.24. The van der Waals surface area contributed by atoms with Crippen molar-refractivity contribution in [2.24, 2.45) is 17.3 Å². The number of rotatable bonds is 2. The summed E-state index contributed by atoms with van der Waals surface area (Å²) in [4.78, 5) is 0. The Kier molecular flexibility index (Phi) is 3.78. The molecule has 1 aromatic rings. The first kappa shape index (κ1) is 15.3. The molecule has 0 bridgehead atoms. The van der Waals surface area contributed by atoms with Crippen molar-refractivity contribution in [3.8, 4) is 5.75 Å². The maximum Gasteiger partial charge on any atom is 0.115 e. The average molecular weight is 310 g/mol. The first-order chi connectivity index (χ1) is 11.1. The van der Waals surface area contributed by atoms with Crippen LogP contribution in [0.1, 0.15) is 75.8 Å². The number of phenolic OH excluding ortho intramolecular Hbond substituents is 1. The molecule has 0 radical (unpaired) electrons. The topological polar surface area (TPSA) is 20.2 Å². The first-order valence-electron chi connectivity index (χ1n) is 9.65. The van der Waals surface area contributed by atoms with E-state index in [9.17, 15) is 5.11 Å². The van der Waals surface area contributed by atoms with Crippen molar-refractivity contribution in [3.63, 3.8) is 0 Å². The summed E-state index contributed by atoms with van der Waals surface area (Å²) in [5.74, 6) is 2.92. The maximum absolute atomic E-state index is 9.79. The van der Waals surface area contributed by atoms with Gasteiger partial charge in [-0.2, -0.15) is 0 Å². The van der Waals surface area contributed by atoms with Gasteiger partial charge in [0.05, 0.1) is 0 Å². The minimum atomic E-state index is 0.438. The fraction of sp³-hybridized carbons (Fsp3) is 0.636. The van der Waals surface area contributed by atoms with Crippen molar-refractivity contribution in [2.45, 2.75) is 71.1 Å². The second kappa shape index (κ2) is 5.69. The lowest BCUT2D eigenvalue weighted by molar-refractivity contribution is 0.0812. The fourth-order valence-electron chi connectivity index (χ4n) is 6.07. The number of hydrogen-bond acceptors (Lipinski definition) is 1. The Bertz CT molecular complexity index is 629. The molecule has 1 aromatic carbocycles. The molecule has 2 saturated carbocycles. The zero-order valence-corrected chi connectivity index (χ0v) is 14.6. The number of aryl methyl sites for hydroxylation is 1. The van der Waals surface area contributed by atoms with Gasteiger partial charge in [0.2, 0.25) is 0 Å². The summed E-state index contributed by atoms with van der Waals surface area (Å²) in [6.45, 7) is 4.85. The van der Waals surface area contributed by atoms with E-state index < -0.39 is 0 Å². The number of unbranched alkanes of at least 4 members (excludes halogenated alkanes) is 1. The normalized spacial score (nSPS) is 37.3. The molecule has 4 atom stereocenters. The van der Waals surface area contributed by atoms with Gasteiger partial charge in [0.25, 0.3) is 0 Å². The molecule has 0 spiro atoms. The van der Waals surface area contributed by atoms with Gasteiger partial charge >= 0.3 is 0 Å². The molecule has 0 amide bonds. The fourth-order valence-corrected chi connectivity index (χ4v) is 6.07. The van der Waals surface area contributed by atoms with Crippen LogP contribution in [-0.4, -0.2) is 5.11 Å². The minimum absolute atomic E-state index is 0.438.